The fraction of sp³-hybridized carbons (Fsp3) is 0.429. The van der Waals surface area contributed by atoms with Crippen molar-refractivity contribution in [1.82, 2.24) is 14.8 Å². The van der Waals surface area contributed by atoms with Crippen LogP contribution in [0.1, 0.15) is 68.9 Å². The molecular weight excluding hydrogens is 329 g/mol. The van der Waals surface area contributed by atoms with Crippen molar-refractivity contribution in [1.29, 1.82) is 0 Å². The SMILES string of the molecule is CC(C)(C)c1cnc(C23CCC(C2)c2c3cnn2-c2ccc(F)cc2)o1. The molecule has 2 bridgehead atoms. The summed E-state index contributed by atoms with van der Waals surface area (Å²) in [6.07, 6.45) is 7.00. The van der Waals surface area contributed by atoms with Crippen LogP contribution in [0.3, 0.4) is 0 Å². The standard InChI is InChI=1S/C21H22FN3O/c1-20(2,3)17-12-23-19(26-17)21-9-8-13(10-21)18-16(21)11-24-25(18)15-6-4-14(22)5-7-15/h4-7,11-13H,8-10H2,1-3H3. The van der Waals surface area contributed by atoms with Crippen molar-refractivity contribution >= 4 is 0 Å². The second-order valence-corrected chi connectivity index (χ2v) is 8.63. The summed E-state index contributed by atoms with van der Waals surface area (Å²) in [5.74, 6) is 1.96. The third kappa shape index (κ3) is 2.06. The van der Waals surface area contributed by atoms with Crippen molar-refractivity contribution in [2.24, 2.45) is 0 Å². The highest BCUT2D eigenvalue weighted by Crippen LogP contribution is 2.60. The summed E-state index contributed by atoms with van der Waals surface area (Å²) in [6.45, 7) is 6.41. The minimum Gasteiger partial charge on any atom is -0.444 e. The first-order valence-corrected chi connectivity index (χ1v) is 9.20. The number of benzene rings is 1. The maximum atomic E-state index is 13.3. The molecule has 2 aliphatic rings. The van der Waals surface area contributed by atoms with Crippen molar-refractivity contribution in [3.63, 3.8) is 0 Å². The van der Waals surface area contributed by atoms with Crippen LogP contribution in [0.5, 0.6) is 0 Å². The highest BCUT2D eigenvalue weighted by molar-refractivity contribution is 5.49. The molecule has 1 fully saturated rings. The monoisotopic (exact) mass is 351 g/mol. The molecule has 0 saturated heterocycles. The number of rotatable bonds is 2. The maximum absolute atomic E-state index is 13.3. The third-order valence-corrected chi connectivity index (χ3v) is 5.95. The fourth-order valence-corrected chi connectivity index (χ4v) is 4.58. The molecule has 2 atom stereocenters. The first kappa shape index (κ1) is 15.8. The van der Waals surface area contributed by atoms with Gasteiger partial charge in [-0.2, -0.15) is 5.10 Å². The largest absolute Gasteiger partial charge is 0.444 e. The molecule has 0 N–H and O–H groups in total. The molecule has 4 nitrogen and oxygen atoms in total. The Balaban J connectivity index is 1.61. The van der Waals surface area contributed by atoms with Crippen LogP contribution < -0.4 is 0 Å². The second kappa shape index (κ2) is 5.06. The van der Waals surface area contributed by atoms with E-state index < -0.39 is 0 Å². The van der Waals surface area contributed by atoms with Gasteiger partial charge in [0.25, 0.3) is 0 Å². The van der Waals surface area contributed by atoms with E-state index in [0.29, 0.717) is 5.92 Å². The van der Waals surface area contributed by atoms with Gasteiger partial charge in [0, 0.05) is 16.9 Å². The van der Waals surface area contributed by atoms with Crippen molar-refractivity contribution in [3.8, 4) is 5.69 Å². The second-order valence-electron chi connectivity index (χ2n) is 8.63. The Morgan fingerprint density at radius 1 is 1.19 bits per heavy atom. The van der Waals surface area contributed by atoms with Crippen LogP contribution in [-0.2, 0) is 10.8 Å². The number of hydrogen-bond donors (Lipinski definition) is 0. The summed E-state index contributed by atoms with van der Waals surface area (Å²) >= 11 is 0. The Morgan fingerprint density at radius 2 is 1.96 bits per heavy atom. The molecule has 2 unspecified atom stereocenters. The van der Waals surface area contributed by atoms with Gasteiger partial charge in [-0.1, -0.05) is 20.8 Å². The molecule has 2 aromatic heterocycles. The number of halogens is 1. The van der Waals surface area contributed by atoms with Gasteiger partial charge < -0.3 is 4.42 Å². The zero-order valence-corrected chi connectivity index (χ0v) is 15.3. The summed E-state index contributed by atoms with van der Waals surface area (Å²) in [5, 5.41) is 4.63. The van der Waals surface area contributed by atoms with Gasteiger partial charge in [-0.25, -0.2) is 14.1 Å². The van der Waals surface area contributed by atoms with Crippen LogP contribution in [0.15, 0.2) is 41.1 Å². The van der Waals surface area contributed by atoms with Gasteiger partial charge in [0.2, 0.25) is 5.89 Å². The van der Waals surface area contributed by atoms with E-state index in [1.54, 1.807) is 12.1 Å². The van der Waals surface area contributed by atoms with Gasteiger partial charge >= 0.3 is 0 Å². The van der Waals surface area contributed by atoms with Gasteiger partial charge in [0.1, 0.15) is 11.6 Å². The average Bonchev–Trinajstić information content (AvgIpc) is 3.35. The minimum absolute atomic E-state index is 0.0559. The summed E-state index contributed by atoms with van der Waals surface area (Å²) in [4.78, 5) is 4.67. The van der Waals surface area contributed by atoms with E-state index in [1.165, 1.54) is 23.4 Å². The third-order valence-electron chi connectivity index (χ3n) is 5.95. The number of nitrogens with zero attached hydrogens (tertiary/aromatic N) is 3. The quantitative estimate of drug-likeness (QED) is 0.662. The summed E-state index contributed by atoms with van der Waals surface area (Å²) in [5.41, 5.74) is 3.14. The lowest BCUT2D eigenvalue weighted by molar-refractivity contribution is 0.329. The number of aromatic nitrogens is 3. The Hall–Kier alpha value is -2.43. The Labute approximate surface area is 152 Å². The summed E-state index contributed by atoms with van der Waals surface area (Å²) in [6, 6.07) is 6.53. The van der Waals surface area contributed by atoms with E-state index in [0.717, 1.165) is 36.6 Å². The van der Waals surface area contributed by atoms with Crippen LogP contribution >= 0.6 is 0 Å². The first-order valence-electron chi connectivity index (χ1n) is 9.20. The molecule has 2 aliphatic carbocycles. The molecule has 5 rings (SSSR count). The lowest BCUT2D eigenvalue weighted by atomic mass is 9.81. The predicted molar refractivity (Wildman–Crippen MR) is 96.1 cm³/mol. The molecule has 0 aliphatic heterocycles. The normalized spacial score (nSPS) is 24.2. The highest BCUT2D eigenvalue weighted by Gasteiger charge is 2.55. The van der Waals surface area contributed by atoms with E-state index in [2.05, 4.69) is 30.9 Å². The van der Waals surface area contributed by atoms with Gasteiger partial charge in [0.05, 0.1) is 29.2 Å². The smallest absolute Gasteiger partial charge is 0.205 e. The number of hydrogen-bond acceptors (Lipinski definition) is 3. The topological polar surface area (TPSA) is 43.9 Å². The van der Waals surface area contributed by atoms with E-state index in [1.807, 2.05) is 17.1 Å². The molecule has 2 heterocycles. The van der Waals surface area contributed by atoms with Crippen molar-refractivity contribution in [2.45, 2.75) is 56.8 Å². The Bertz CT molecular complexity index is 980. The van der Waals surface area contributed by atoms with Gasteiger partial charge in [0.15, 0.2) is 0 Å². The first-order chi connectivity index (χ1) is 12.4. The lowest BCUT2D eigenvalue weighted by Gasteiger charge is -2.23. The van der Waals surface area contributed by atoms with E-state index >= 15 is 0 Å². The van der Waals surface area contributed by atoms with Crippen molar-refractivity contribution < 1.29 is 8.81 Å². The molecule has 1 saturated carbocycles. The molecule has 26 heavy (non-hydrogen) atoms. The van der Waals surface area contributed by atoms with E-state index in [9.17, 15) is 4.39 Å². The van der Waals surface area contributed by atoms with Crippen LogP contribution in [0, 0.1) is 5.82 Å². The van der Waals surface area contributed by atoms with Crippen molar-refractivity contribution in [3.05, 3.63) is 65.4 Å². The molecule has 1 aromatic carbocycles. The average molecular weight is 351 g/mol. The van der Waals surface area contributed by atoms with Crippen LogP contribution in [0.25, 0.3) is 5.69 Å². The number of oxazole rings is 1. The molecule has 0 radical (unpaired) electrons. The number of fused-ring (bicyclic) bond motifs is 5. The highest BCUT2D eigenvalue weighted by atomic mass is 19.1. The predicted octanol–water partition coefficient (Wildman–Crippen LogP) is 4.86. The van der Waals surface area contributed by atoms with Gasteiger partial charge in [-0.15, -0.1) is 0 Å². The van der Waals surface area contributed by atoms with Crippen LogP contribution in [0.4, 0.5) is 4.39 Å². The zero-order valence-electron chi connectivity index (χ0n) is 15.3. The van der Waals surface area contributed by atoms with Crippen LogP contribution in [0.2, 0.25) is 0 Å². The van der Waals surface area contributed by atoms with E-state index in [-0.39, 0.29) is 16.6 Å². The summed E-state index contributed by atoms with van der Waals surface area (Å²) in [7, 11) is 0. The maximum Gasteiger partial charge on any atom is 0.205 e. The zero-order chi connectivity index (χ0) is 18.1. The fourth-order valence-electron chi connectivity index (χ4n) is 4.58. The van der Waals surface area contributed by atoms with Crippen molar-refractivity contribution in [2.75, 3.05) is 0 Å². The molecule has 5 heteroatoms. The molecule has 3 aromatic rings. The Kier molecular flexibility index (Phi) is 3.07. The summed E-state index contributed by atoms with van der Waals surface area (Å²) < 4.78 is 21.5. The lowest BCUT2D eigenvalue weighted by Crippen LogP contribution is -2.22. The molecule has 0 amide bonds. The Morgan fingerprint density at radius 3 is 2.65 bits per heavy atom. The minimum atomic E-state index is -0.231. The molecule has 134 valence electrons. The molecular formula is C21H22FN3O. The van der Waals surface area contributed by atoms with Crippen LogP contribution in [-0.4, -0.2) is 14.8 Å². The van der Waals surface area contributed by atoms with Gasteiger partial charge in [-0.3, -0.25) is 0 Å². The molecule has 0 spiro atoms. The van der Waals surface area contributed by atoms with Gasteiger partial charge in [-0.05, 0) is 43.5 Å². The van der Waals surface area contributed by atoms with E-state index in [4.69, 9.17) is 4.42 Å².